The summed E-state index contributed by atoms with van der Waals surface area (Å²) in [5.41, 5.74) is 0.672. The minimum absolute atomic E-state index is 0.0534. The predicted molar refractivity (Wildman–Crippen MR) is 77.6 cm³/mol. The van der Waals surface area contributed by atoms with Crippen molar-refractivity contribution >= 4 is 11.9 Å². The highest BCUT2D eigenvalue weighted by atomic mass is 16.7. The Morgan fingerprint density at radius 2 is 2.14 bits per heavy atom. The summed E-state index contributed by atoms with van der Waals surface area (Å²) in [5, 5.41) is 9.15. The van der Waals surface area contributed by atoms with Gasteiger partial charge < -0.3 is 19.3 Å². The topological polar surface area (TPSA) is 82.1 Å². The minimum Gasteiger partial charge on any atom is -0.478 e. The van der Waals surface area contributed by atoms with Crippen LogP contribution in [-0.4, -0.2) is 36.0 Å². The number of hydrogen-bond donors (Lipinski definition) is 1. The van der Waals surface area contributed by atoms with Gasteiger partial charge in [-0.2, -0.15) is 0 Å². The van der Waals surface area contributed by atoms with Crippen molar-refractivity contribution in [3.05, 3.63) is 29.8 Å². The Bertz CT molecular complexity index is 521. The fourth-order valence-electron chi connectivity index (χ4n) is 2.31. The molecular weight excluding hydrogens is 288 g/mol. The Kier molecular flexibility index (Phi) is 5.77. The van der Waals surface area contributed by atoms with Gasteiger partial charge in [0.25, 0.3) is 0 Å². The molecule has 2 atom stereocenters. The first-order chi connectivity index (χ1) is 10.6. The molecule has 0 amide bonds. The van der Waals surface area contributed by atoms with Crippen LogP contribution >= 0.6 is 0 Å². The Morgan fingerprint density at radius 3 is 2.77 bits per heavy atom. The first-order valence-corrected chi connectivity index (χ1v) is 7.32. The Hall–Kier alpha value is -2.08. The van der Waals surface area contributed by atoms with E-state index in [9.17, 15) is 9.59 Å². The lowest BCUT2D eigenvalue weighted by Crippen LogP contribution is -2.29. The smallest absolute Gasteiger partial charge is 0.345 e. The predicted octanol–water partition coefficient (Wildman–Crippen LogP) is 2.15. The zero-order valence-corrected chi connectivity index (χ0v) is 12.5. The van der Waals surface area contributed by atoms with Gasteiger partial charge in [-0.05, 0) is 24.5 Å². The number of rotatable bonds is 6. The highest BCUT2D eigenvalue weighted by molar-refractivity contribution is 5.77. The second-order valence-electron chi connectivity index (χ2n) is 5.16. The van der Waals surface area contributed by atoms with E-state index in [0.717, 1.165) is 19.3 Å². The lowest BCUT2D eigenvalue weighted by atomic mass is 10.1. The number of aliphatic carboxylic acids is 1. The number of carboxylic acid groups (broad SMARTS) is 1. The molecule has 1 aliphatic rings. The number of ether oxygens (including phenoxy) is 3. The molecule has 0 aromatic heterocycles. The molecule has 0 aliphatic carbocycles. The average molecular weight is 308 g/mol. The zero-order chi connectivity index (χ0) is 15.9. The molecular formula is C16H20O6. The lowest BCUT2D eigenvalue weighted by molar-refractivity contribution is -0.162. The van der Waals surface area contributed by atoms with Gasteiger partial charge in [0.15, 0.2) is 6.29 Å². The molecule has 1 unspecified atom stereocenters. The highest BCUT2D eigenvalue weighted by Gasteiger charge is 2.24. The summed E-state index contributed by atoms with van der Waals surface area (Å²) >= 11 is 0. The van der Waals surface area contributed by atoms with Crippen molar-refractivity contribution in [2.45, 2.75) is 45.0 Å². The van der Waals surface area contributed by atoms with Crippen molar-refractivity contribution < 1.29 is 28.9 Å². The Balaban J connectivity index is 2.09. The molecule has 1 aliphatic heterocycles. The largest absolute Gasteiger partial charge is 0.478 e. The van der Waals surface area contributed by atoms with E-state index >= 15 is 0 Å². The van der Waals surface area contributed by atoms with E-state index in [0.29, 0.717) is 17.9 Å². The van der Waals surface area contributed by atoms with Crippen molar-refractivity contribution in [2.75, 3.05) is 6.61 Å². The summed E-state index contributed by atoms with van der Waals surface area (Å²) in [7, 11) is 0. The van der Waals surface area contributed by atoms with Gasteiger partial charge in [-0.1, -0.05) is 18.2 Å². The standard InChI is InChI=1S/C16H20O6/c1-11(17)21-14(16(18)19)10-12-6-2-3-7-13(12)22-15-8-4-5-9-20-15/h2-3,6-7,14-15H,4-5,8-10H2,1H3,(H,18,19)/t14-,15?/m1/s1. The average Bonchev–Trinajstić information content (AvgIpc) is 2.49. The molecule has 2 rings (SSSR count). The number of hydrogen-bond acceptors (Lipinski definition) is 5. The van der Waals surface area contributed by atoms with Gasteiger partial charge in [0.2, 0.25) is 6.10 Å². The van der Waals surface area contributed by atoms with Gasteiger partial charge in [0, 0.05) is 19.8 Å². The molecule has 0 bridgehead atoms. The third-order valence-corrected chi connectivity index (χ3v) is 3.36. The summed E-state index contributed by atoms with van der Waals surface area (Å²) in [6.07, 6.45) is 1.38. The molecule has 6 nitrogen and oxygen atoms in total. The third-order valence-electron chi connectivity index (χ3n) is 3.36. The fraction of sp³-hybridized carbons (Fsp3) is 0.500. The Morgan fingerprint density at radius 1 is 1.36 bits per heavy atom. The van der Waals surface area contributed by atoms with Crippen LogP contribution in [0.15, 0.2) is 24.3 Å². The monoisotopic (exact) mass is 308 g/mol. The number of carboxylic acids is 1. The molecule has 1 heterocycles. The zero-order valence-electron chi connectivity index (χ0n) is 12.5. The van der Waals surface area contributed by atoms with Crippen molar-refractivity contribution in [3.63, 3.8) is 0 Å². The highest BCUT2D eigenvalue weighted by Crippen LogP contribution is 2.24. The number of carbonyl (C=O) groups excluding carboxylic acids is 1. The third kappa shape index (κ3) is 4.73. The van der Waals surface area contributed by atoms with Crippen LogP contribution in [0.3, 0.4) is 0 Å². The summed E-state index contributed by atoms with van der Waals surface area (Å²) in [6, 6.07) is 7.12. The van der Waals surface area contributed by atoms with E-state index < -0.39 is 18.0 Å². The van der Waals surface area contributed by atoms with E-state index in [-0.39, 0.29) is 12.7 Å². The van der Waals surface area contributed by atoms with Crippen LogP contribution in [0, 0.1) is 0 Å². The summed E-state index contributed by atoms with van der Waals surface area (Å²) in [5.74, 6) is -1.24. The fourth-order valence-corrected chi connectivity index (χ4v) is 2.31. The van der Waals surface area contributed by atoms with Crippen LogP contribution in [0.2, 0.25) is 0 Å². The van der Waals surface area contributed by atoms with Crippen LogP contribution in [0.4, 0.5) is 0 Å². The lowest BCUT2D eigenvalue weighted by Gasteiger charge is -2.25. The second kappa shape index (κ2) is 7.79. The molecule has 1 aromatic carbocycles. The molecule has 0 spiro atoms. The van der Waals surface area contributed by atoms with Crippen LogP contribution in [0.25, 0.3) is 0 Å². The van der Waals surface area contributed by atoms with Gasteiger partial charge in [-0.15, -0.1) is 0 Å². The van der Waals surface area contributed by atoms with Gasteiger partial charge >= 0.3 is 11.9 Å². The summed E-state index contributed by atoms with van der Waals surface area (Å²) in [6.45, 7) is 1.85. The first kappa shape index (κ1) is 16.3. The van der Waals surface area contributed by atoms with E-state index in [1.165, 1.54) is 6.92 Å². The van der Waals surface area contributed by atoms with Gasteiger partial charge in [-0.25, -0.2) is 4.79 Å². The second-order valence-corrected chi connectivity index (χ2v) is 5.16. The number of para-hydroxylation sites is 1. The van der Waals surface area contributed by atoms with E-state index in [2.05, 4.69) is 0 Å². The van der Waals surface area contributed by atoms with Crippen molar-refractivity contribution in [1.82, 2.24) is 0 Å². The van der Waals surface area contributed by atoms with E-state index in [4.69, 9.17) is 19.3 Å². The van der Waals surface area contributed by atoms with Gasteiger partial charge in [0.1, 0.15) is 5.75 Å². The normalized spacial score (nSPS) is 19.2. The molecule has 22 heavy (non-hydrogen) atoms. The van der Waals surface area contributed by atoms with E-state index in [1.54, 1.807) is 18.2 Å². The molecule has 1 aromatic rings. The van der Waals surface area contributed by atoms with Crippen LogP contribution in [-0.2, 0) is 25.5 Å². The summed E-state index contributed by atoms with van der Waals surface area (Å²) < 4.78 is 16.2. The van der Waals surface area contributed by atoms with Gasteiger partial charge in [0.05, 0.1) is 6.61 Å². The number of benzene rings is 1. The molecule has 0 saturated carbocycles. The maximum atomic E-state index is 11.2. The molecule has 0 radical (unpaired) electrons. The molecule has 1 N–H and O–H groups in total. The van der Waals surface area contributed by atoms with Gasteiger partial charge in [-0.3, -0.25) is 4.79 Å². The molecule has 120 valence electrons. The minimum atomic E-state index is -1.23. The molecule has 1 saturated heterocycles. The van der Waals surface area contributed by atoms with Crippen molar-refractivity contribution in [1.29, 1.82) is 0 Å². The molecule has 6 heteroatoms. The van der Waals surface area contributed by atoms with Crippen LogP contribution < -0.4 is 4.74 Å². The maximum absolute atomic E-state index is 11.2. The number of esters is 1. The number of carbonyl (C=O) groups is 2. The summed E-state index contributed by atoms with van der Waals surface area (Å²) in [4.78, 5) is 22.2. The first-order valence-electron chi connectivity index (χ1n) is 7.32. The maximum Gasteiger partial charge on any atom is 0.345 e. The SMILES string of the molecule is CC(=O)O[C@H](Cc1ccccc1OC1CCCCO1)C(=O)O. The van der Waals surface area contributed by atoms with Crippen LogP contribution in [0.1, 0.15) is 31.7 Å². The van der Waals surface area contributed by atoms with Crippen molar-refractivity contribution in [2.24, 2.45) is 0 Å². The van der Waals surface area contributed by atoms with Crippen molar-refractivity contribution in [3.8, 4) is 5.75 Å². The van der Waals surface area contributed by atoms with E-state index in [1.807, 2.05) is 6.07 Å². The van der Waals surface area contributed by atoms with Crippen LogP contribution in [0.5, 0.6) is 5.75 Å². The quantitative estimate of drug-likeness (QED) is 0.811. The molecule has 1 fully saturated rings. The Labute approximate surface area is 129 Å².